The van der Waals surface area contributed by atoms with Gasteiger partial charge in [-0.1, -0.05) is 13.3 Å². The standard InChI is InChI=1S/C15H21NO2/c1-10-8-17-14-6-11-4-2-3-5-13(16)12(11)7-15(14)18-9-10/h6-7,10,13H,2-5,8-9,16H2,1H3/t10?,13-/m1/s1. The van der Waals surface area contributed by atoms with Crippen molar-refractivity contribution in [2.24, 2.45) is 11.7 Å². The molecular weight excluding hydrogens is 226 g/mol. The maximum Gasteiger partial charge on any atom is 0.161 e. The van der Waals surface area contributed by atoms with Gasteiger partial charge in [0, 0.05) is 12.0 Å². The predicted octanol–water partition coefficient (Wildman–Crippen LogP) is 2.82. The van der Waals surface area contributed by atoms with Crippen molar-refractivity contribution >= 4 is 0 Å². The van der Waals surface area contributed by atoms with Crippen LogP contribution in [0.1, 0.15) is 43.4 Å². The van der Waals surface area contributed by atoms with Crippen molar-refractivity contribution in [3.05, 3.63) is 23.3 Å². The summed E-state index contributed by atoms with van der Waals surface area (Å²) in [7, 11) is 0. The summed E-state index contributed by atoms with van der Waals surface area (Å²) in [6.45, 7) is 3.60. The van der Waals surface area contributed by atoms with Crippen molar-refractivity contribution in [3.63, 3.8) is 0 Å². The van der Waals surface area contributed by atoms with Crippen LogP contribution in [0.3, 0.4) is 0 Å². The Labute approximate surface area is 108 Å². The molecule has 0 aromatic heterocycles. The van der Waals surface area contributed by atoms with Crippen LogP contribution in [-0.2, 0) is 6.42 Å². The van der Waals surface area contributed by atoms with Crippen LogP contribution in [0.5, 0.6) is 11.5 Å². The van der Waals surface area contributed by atoms with Crippen molar-refractivity contribution in [2.45, 2.75) is 38.6 Å². The summed E-state index contributed by atoms with van der Waals surface area (Å²) in [6.07, 6.45) is 4.61. The van der Waals surface area contributed by atoms with Crippen LogP contribution in [-0.4, -0.2) is 13.2 Å². The lowest BCUT2D eigenvalue weighted by Gasteiger charge is -2.16. The second kappa shape index (κ2) is 4.81. The van der Waals surface area contributed by atoms with Gasteiger partial charge in [0.1, 0.15) is 0 Å². The van der Waals surface area contributed by atoms with Crippen molar-refractivity contribution in [1.29, 1.82) is 0 Å². The van der Waals surface area contributed by atoms with Gasteiger partial charge >= 0.3 is 0 Å². The number of hydrogen-bond acceptors (Lipinski definition) is 3. The molecule has 0 fully saturated rings. The molecule has 1 aliphatic carbocycles. The fourth-order valence-electron chi connectivity index (χ4n) is 2.75. The average Bonchev–Trinajstić information content (AvgIpc) is 2.66. The van der Waals surface area contributed by atoms with Crippen molar-refractivity contribution in [3.8, 4) is 11.5 Å². The SMILES string of the molecule is CC1COc2cc3c(cc2OC1)[C@H](N)CCCC3. The van der Waals surface area contributed by atoms with Gasteiger partial charge in [-0.25, -0.2) is 0 Å². The third-order valence-electron chi connectivity index (χ3n) is 3.86. The lowest BCUT2D eigenvalue weighted by Crippen LogP contribution is -2.12. The minimum Gasteiger partial charge on any atom is -0.489 e. The molecule has 3 heteroatoms. The summed E-state index contributed by atoms with van der Waals surface area (Å²) < 4.78 is 11.7. The van der Waals surface area contributed by atoms with Gasteiger partial charge in [-0.15, -0.1) is 0 Å². The van der Waals surface area contributed by atoms with Gasteiger partial charge in [0.2, 0.25) is 0 Å². The number of rotatable bonds is 0. The fourth-order valence-corrected chi connectivity index (χ4v) is 2.75. The van der Waals surface area contributed by atoms with E-state index in [9.17, 15) is 0 Å². The molecule has 1 heterocycles. The zero-order valence-corrected chi connectivity index (χ0v) is 10.9. The van der Waals surface area contributed by atoms with Crippen LogP contribution in [0.15, 0.2) is 12.1 Å². The summed E-state index contributed by atoms with van der Waals surface area (Å²) in [5, 5.41) is 0. The first kappa shape index (κ1) is 11.8. The normalized spacial score (nSPS) is 27.0. The molecule has 0 radical (unpaired) electrons. The third kappa shape index (κ3) is 2.19. The Morgan fingerprint density at radius 3 is 2.61 bits per heavy atom. The molecule has 0 spiro atoms. The molecule has 0 saturated carbocycles. The minimum atomic E-state index is 0.150. The zero-order valence-electron chi connectivity index (χ0n) is 10.9. The molecule has 1 aromatic carbocycles. The van der Waals surface area contributed by atoms with E-state index >= 15 is 0 Å². The zero-order chi connectivity index (χ0) is 12.5. The lowest BCUT2D eigenvalue weighted by molar-refractivity contribution is 0.228. The summed E-state index contributed by atoms with van der Waals surface area (Å²) >= 11 is 0. The molecular formula is C15H21NO2. The summed E-state index contributed by atoms with van der Waals surface area (Å²) in [6, 6.07) is 4.41. The van der Waals surface area contributed by atoms with E-state index in [4.69, 9.17) is 15.2 Å². The molecule has 0 saturated heterocycles. The molecule has 0 bridgehead atoms. The van der Waals surface area contributed by atoms with Crippen molar-refractivity contribution < 1.29 is 9.47 Å². The number of nitrogens with two attached hydrogens (primary N) is 1. The Kier molecular flexibility index (Phi) is 3.16. The van der Waals surface area contributed by atoms with Crippen LogP contribution in [0, 0.1) is 5.92 Å². The molecule has 1 aliphatic heterocycles. The van der Waals surface area contributed by atoms with Gasteiger partial charge in [0.05, 0.1) is 13.2 Å². The van der Waals surface area contributed by atoms with E-state index in [-0.39, 0.29) is 6.04 Å². The molecule has 98 valence electrons. The van der Waals surface area contributed by atoms with Gasteiger partial charge in [0.15, 0.2) is 11.5 Å². The van der Waals surface area contributed by atoms with E-state index in [0.717, 1.165) is 37.6 Å². The Morgan fingerprint density at radius 1 is 1.11 bits per heavy atom. The van der Waals surface area contributed by atoms with Crippen molar-refractivity contribution in [1.82, 2.24) is 0 Å². The van der Waals surface area contributed by atoms with E-state index < -0.39 is 0 Å². The first-order valence-corrected chi connectivity index (χ1v) is 6.92. The van der Waals surface area contributed by atoms with Crippen LogP contribution < -0.4 is 15.2 Å². The summed E-state index contributed by atoms with van der Waals surface area (Å²) in [4.78, 5) is 0. The van der Waals surface area contributed by atoms with Crippen LogP contribution >= 0.6 is 0 Å². The smallest absolute Gasteiger partial charge is 0.161 e. The first-order valence-electron chi connectivity index (χ1n) is 6.92. The second-order valence-corrected chi connectivity index (χ2v) is 5.58. The summed E-state index contributed by atoms with van der Waals surface area (Å²) in [5.41, 5.74) is 8.85. The molecule has 2 aliphatic rings. The van der Waals surface area contributed by atoms with Gasteiger partial charge < -0.3 is 15.2 Å². The van der Waals surface area contributed by atoms with E-state index in [0.29, 0.717) is 5.92 Å². The molecule has 3 nitrogen and oxygen atoms in total. The highest BCUT2D eigenvalue weighted by Crippen LogP contribution is 2.38. The Morgan fingerprint density at radius 2 is 1.83 bits per heavy atom. The Balaban J connectivity index is 2.00. The maximum atomic E-state index is 6.25. The van der Waals surface area contributed by atoms with Crippen LogP contribution in [0.4, 0.5) is 0 Å². The molecule has 18 heavy (non-hydrogen) atoms. The molecule has 2 N–H and O–H groups in total. The minimum absolute atomic E-state index is 0.150. The van der Waals surface area contributed by atoms with E-state index in [2.05, 4.69) is 19.1 Å². The fraction of sp³-hybridized carbons (Fsp3) is 0.600. The summed E-state index contributed by atoms with van der Waals surface area (Å²) in [5.74, 6) is 2.20. The van der Waals surface area contributed by atoms with Gasteiger partial charge in [-0.2, -0.15) is 0 Å². The molecule has 2 atom stereocenters. The predicted molar refractivity (Wildman–Crippen MR) is 71.1 cm³/mol. The molecule has 3 rings (SSSR count). The van der Waals surface area contributed by atoms with Gasteiger partial charge in [-0.05, 0) is 42.5 Å². The lowest BCUT2D eigenvalue weighted by atomic mass is 9.99. The van der Waals surface area contributed by atoms with Crippen LogP contribution in [0.2, 0.25) is 0 Å². The largest absolute Gasteiger partial charge is 0.489 e. The third-order valence-corrected chi connectivity index (χ3v) is 3.86. The second-order valence-electron chi connectivity index (χ2n) is 5.58. The monoisotopic (exact) mass is 247 g/mol. The molecule has 1 aromatic rings. The molecule has 0 amide bonds. The Bertz CT molecular complexity index is 444. The highest BCUT2D eigenvalue weighted by atomic mass is 16.5. The Hall–Kier alpha value is -1.22. The first-order chi connectivity index (χ1) is 8.74. The number of hydrogen-bond donors (Lipinski definition) is 1. The number of ether oxygens (including phenoxy) is 2. The quantitative estimate of drug-likeness (QED) is 0.717. The topological polar surface area (TPSA) is 44.5 Å². The highest BCUT2D eigenvalue weighted by Gasteiger charge is 2.21. The van der Waals surface area contributed by atoms with E-state index in [1.165, 1.54) is 24.0 Å². The van der Waals surface area contributed by atoms with Crippen molar-refractivity contribution in [2.75, 3.05) is 13.2 Å². The van der Waals surface area contributed by atoms with Gasteiger partial charge in [0.25, 0.3) is 0 Å². The van der Waals surface area contributed by atoms with Gasteiger partial charge in [-0.3, -0.25) is 0 Å². The number of benzene rings is 1. The van der Waals surface area contributed by atoms with E-state index in [1.54, 1.807) is 0 Å². The average molecular weight is 247 g/mol. The van der Waals surface area contributed by atoms with Crippen LogP contribution in [0.25, 0.3) is 0 Å². The maximum absolute atomic E-state index is 6.25. The number of aryl methyl sites for hydroxylation is 1. The highest BCUT2D eigenvalue weighted by molar-refractivity contribution is 5.49. The molecule has 1 unspecified atom stereocenters. The number of fused-ring (bicyclic) bond motifs is 2. The van der Waals surface area contributed by atoms with E-state index in [1.807, 2.05) is 0 Å².